The largest absolute Gasteiger partial charge is 0.352 e. The van der Waals surface area contributed by atoms with Gasteiger partial charge in [-0.25, -0.2) is 4.39 Å². The van der Waals surface area contributed by atoms with Gasteiger partial charge in [-0.2, -0.15) is 0 Å². The molecule has 1 N–H and O–H groups in total. The quantitative estimate of drug-likeness (QED) is 0.849. The van der Waals surface area contributed by atoms with Gasteiger partial charge >= 0.3 is 0 Å². The molecule has 2 aromatic carbocycles. The molecule has 1 aliphatic rings. The molecule has 4 heteroatoms. The summed E-state index contributed by atoms with van der Waals surface area (Å²) >= 11 is 6.22. The SMILES string of the molecule is O=C(NCC1CCCC1Cl)c1ccc(F)c2ccccc12. The fourth-order valence-corrected chi connectivity index (χ4v) is 3.37. The van der Waals surface area contributed by atoms with Crippen molar-refractivity contribution in [2.45, 2.75) is 24.6 Å². The van der Waals surface area contributed by atoms with Gasteiger partial charge in [-0.3, -0.25) is 4.79 Å². The average molecular weight is 306 g/mol. The van der Waals surface area contributed by atoms with Gasteiger partial charge in [0.15, 0.2) is 0 Å². The van der Waals surface area contributed by atoms with Crippen LogP contribution in [0, 0.1) is 11.7 Å². The zero-order chi connectivity index (χ0) is 14.8. The lowest BCUT2D eigenvalue weighted by atomic mass is 10.0. The minimum Gasteiger partial charge on any atom is -0.352 e. The summed E-state index contributed by atoms with van der Waals surface area (Å²) in [6.45, 7) is 0.582. The van der Waals surface area contributed by atoms with Crippen molar-refractivity contribution in [3.63, 3.8) is 0 Å². The molecule has 1 amide bonds. The number of nitrogens with one attached hydrogen (secondary N) is 1. The van der Waals surface area contributed by atoms with Crippen molar-refractivity contribution in [2.75, 3.05) is 6.54 Å². The predicted octanol–water partition coefficient (Wildman–Crippen LogP) is 4.12. The molecule has 0 heterocycles. The van der Waals surface area contributed by atoms with Gasteiger partial charge < -0.3 is 5.32 Å². The van der Waals surface area contributed by atoms with Crippen molar-refractivity contribution in [1.82, 2.24) is 5.32 Å². The monoisotopic (exact) mass is 305 g/mol. The summed E-state index contributed by atoms with van der Waals surface area (Å²) in [5.74, 6) is -0.136. The molecule has 1 saturated carbocycles. The molecule has 0 aromatic heterocycles. The first-order valence-electron chi connectivity index (χ1n) is 7.26. The number of carbonyl (C=O) groups is 1. The molecule has 1 aliphatic carbocycles. The fourth-order valence-electron chi connectivity index (χ4n) is 3.00. The zero-order valence-corrected chi connectivity index (χ0v) is 12.4. The second-order valence-electron chi connectivity index (χ2n) is 5.56. The molecule has 2 aromatic rings. The molecule has 2 atom stereocenters. The second-order valence-corrected chi connectivity index (χ2v) is 6.12. The Balaban J connectivity index is 1.80. The van der Waals surface area contributed by atoms with Gasteiger partial charge in [-0.15, -0.1) is 11.6 Å². The van der Waals surface area contributed by atoms with E-state index in [9.17, 15) is 9.18 Å². The Bertz CT molecular complexity index is 673. The van der Waals surface area contributed by atoms with Crippen LogP contribution in [0.3, 0.4) is 0 Å². The Morgan fingerprint density at radius 3 is 2.67 bits per heavy atom. The number of fused-ring (bicyclic) bond motifs is 1. The molecule has 21 heavy (non-hydrogen) atoms. The highest BCUT2D eigenvalue weighted by atomic mass is 35.5. The van der Waals surface area contributed by atoms with Crippen molar-refractivity contribution in [3.05, 3.63) is 47.8 Å². The van der Waals surface area contributed by atoms with Crippen molar-refractivity contribution >= 4 is 28.3 Å². The van der Waals surface area contributed by atoms with Crippen LogP contribution >= 0.6 is 11.6 Å². The second kappa shape index (κ2) is 6.02. The van der Waals surface area contributed by atoms with Crippen LogP contribution in [0.15, 0.2) is 36.4 Å². The number of halogens is 2. The van der Waals surface area contributed by atoms with Crippen LogP contribution in [0.1, 0.15) is 29.6 Å². The molecule has 0 radical (unpaired) electrons. The van der Waals surface area contributed by atoms with Crippen LogP contribution in [-0.4, -0.2) is 17.8 Å². The number of benzene rings is 2. The molecular formula is C17H17ClFNO. The predicted molar refractivity (Wildman–Crippen MR) is 83.2 cm³/mol. The Hall–Kier alpha value is -1.61. The first-order valence-corrected chi connectivity index (χ1v) is 7.70. The number of amides is 1. The maximum absolute atomic E-state index is 13.8. The number of hydrogen-bond acceptors (Lipinski definition) is 1. The summed E-state index contributed by atoms with van der Waals surface area (Å²) in [5, 5.41) is 4.20. The van der Waals surface area contributed by atoms with Gasteiger partial charge in [0.25, 0.3) is 5.91 Å². The molecule has 0 spiro atoms. The van der Waals surface area contributed by atoms with E-state index >= 15 is 0 Å². The van der Waals surface area contributed by atoms with Crippen LogP contribution in [0.4, 0.5) is 4.39 Å². The third-order valence-corrected chi connectivity index (χ3v) is 4.78. The maximum atomic E-state index is 13.8. The summed E-state index contributed by atoms with van der Waals surface area (Å²) in [7, 11) is 0. The molecule has 110 valence electrons. The van der Waals surface area contributed by atoms with E-state index in [4.69, 9.17) is 11.6 Å². The summed E-state index contributed by atoms with van der Waals surface area (Å²) < 4.78 is 13.8. The zero-order valence-electron chi connectivity index (χ0n) is 11.6. The van der Waals surface area contributed by atoms with E-state index in [2.05, 4.69) is 5.32 Å². The van der Waals surface area contributed by atoms with E-state index < -0.39 is 0 Å². The lowest BCUT2D eigenvalue weighted by molar-refractivity contribution is 0.0949. The Kier molecular flexibility index (Phi) is 4.11. The number of rotatable bonds is 3. The van der Waals surface area contributed by atoms with Crippen LogP contribution in [-0.2, 0) is 0 Å². The van der Waals surface area contributed by atoms with Crippen molar-refractivity contribution in [1.29, 1.82) is 0 Å². The minimum atomic E-state index is -0.307. The van der Waals surface area contributed by atoms with E-state index in [1.807, 2.05) is 6.07 Å². The summed E-state index contributed by atoms with van der Waals surface area (Å²) in [6.07, 6.45) is 3.19. The molecule has 3 rings (SSSR count). The van der Waals surface area contributed by atoms with Crippen molar-refractivity contribution in [2.24, 2.45) is 5.92 Å². The van der Waals surface area contributed by atoms with Gasteiger partial charge in [-0.05, 0) is 36.3 Å². The molecule has 0 aliphatic heterocycles. The van der Waals surface area contributed by atoms with Gasteiger partial charge in [-0.1, -0.05) is 30.7 Å². The first kappa shape index (κ1) is 14.3. The van der Waals surface area contributed by atoms with E-state index in [-0.39, 0.29) is 17.1 Å². The Morgan fingerprint density at radius 1 is 1.19 bits per heavy atom. The fraction of sp³-hybridized carbons (Fsp3) is 0.353. The van der Waals surface area contributed by atoms with Gasteiger partial charge in [0.2, 0.25) is 0 Å². The van der Waals surface area contributed by atoms with E-state index in [0.29, 0.717) is 28.8 Å². The molecule has 0 saturated heterocycles. The molecule has 2 unspecified atom stereocenters. The number of carbonyl (C=O) groups excluding carboxylic acids is 1. The lowest BCUT2D eigenvalue weighted by Gasteiger charge is -2.15. The van der Waals surface area contributed by atoms with Crippen molar-refractivity contribution in [3.8, 4) is 0 Å². The smallest absolute Gasteiger partial charge is 0.251 e. The van der Waals surface area contributed by atoms with E-state index in [1.54, 1.807) is 24.3 Å². The Labute approximate surface area is 128 Å². The topological polar surface area (TPSA) is 29.1 Å². The van der Waals surface area contributed by atoms with Crippen LogP contribution < -0.4 is 5.32 Å². The lowest BCUT2D eigenvalue weighted by Crippen LogP contribution is -2.31. The van der Waals surface area contributed by atoms with Gasteiger partial charge in [0.1, 0.15) is 5.82 Å². The maximum Gasteiger partial charge on any atom is 0.251 e. The molecule has 0 bridgehead atoms. The standard InChI is InChI=1S/C17H17ClFNO/c18-15-7-3-4-11(15)10-20-17(21)14-8-9-16(19)13-6-2-1-5-12(13)14/h1-2,5-6,8-9,11,15H,3-4,7,10H2,(H,20,21). The third-order valence-electron chi connectivity index (χ3n) is 4.21. The normalized spacial score (nSPS) is 21.6. The van der Waals surface area contributed by atoms with Crippen LogP contribution in [0.25, 0.3) is 10.8 Å². The van der Waals surface area contributed by atoms with Gasteiger partial charge in [0.05, 0.1) is 0 Å². The highest BCUT2D eigenvalue weighted by Crippen LogP contribution is 2.29. The summed E-state index contributed by atoms with van der Waals surface area (Å²) in [6, 6.07) is 9.92. The third kappa shape index (κ3) is 2.88. The highest BCUT2D eigenvalue weighted by Gasteiger charge is 2.25. The molecule has 2 nitrogen and oxygen atoms in total. The van der Waals surface area contributed by atoms with E-state index in [0.717, 1.165) is 19.3 Å². The van der Waals surface area contributed by atoms with Gasteiger partial charge in [0, 0.05) is 22.9 Å². The van der Waals surface area contributed by atoms with Crippen molar-refractivity contribution < 1.29 is 9.18 Å². The average Bonchev–Trinajstić information content (AvgIpc) is 2.91. The number of alkyl halides is 1. The number of hydrogen-bond donors (Lipinski definition) is 1. The Morgan fingerprint density at radius 2 is 1.95 bits per heavy atom. The highest BCUT2D eigenvalue weighted by molar-refractivity contribution is 6.21. The van der Waals surface area contributed by atoms with E-state index in [1.165, 1.54) is 6.07 Å². The van der Waals surface area contributed by atoms with Crippen LogP contribution in [0.2, 0.25) is 0 Å². The van der Waals surface area contributed by atoms with Crippen LogP contribution in [0.5, 0.6) is 0 Å². The minimum absolute atomic E-state index is 0.148. The first-order chi connectivity index (χ1) is 10.2. The molecule has 1 fully saturated rings. The molecular weight excluding hydrogens is 289 g/mol. The summed E-state index contributed by atoms with van der Waals surface area (Å²) in [5.41, 5.74) is 0.510. The summed E-state index contributed by atoms with van der Waals surface area (Å²) in [4.78, 5) is 12.4.